The fourth-order valence-corrected chi connectivity index (χ4v) is 1.26. The lowest BCUT2D eigenvalue weighted by Gasteiger charge is -2.06. The molecule has 0 aromatic heterocycles. The van der Waals surface area contributed by atoms with Crippen molar-refractivity contribution in [2.45, 2.75) is 13.8 Å². The van der Waals surface area contributed by atoms with Gasteiger partial charge in [-0.3, -0.25) is 5.43 Å². The highest BCUT2D eigenvalue weighted by Gasteiger charge is 1.98. The first-order valence-electron chi connectivity index (χ1n) is 5.42. The van der Waals surface area contributed by atoms with E-state index in [2.05, 4.69) is 15.8 Å². The van der Waals surface area contributed by atoms with Crippen LogP contribution in [0.15, 0.2) is 29.4 Å². The molecule has 0 fully saturated rings. The summed E-state index contributed by atoms with van der Waals surface area (Å²) in [7, 11) is 1.75. The molecule has 0 heterocycles. The molecule has 17 heavy (non-hydrogen) atoms. The summed E-state index contributed by atoms with van der Waals surface area (Å²) in [6.45, 7) is 4.55. The summed E-state index contributed by atoms with van der Waals surface area (Å²) < 4.78 is 5.37. The Morgan fingerprint density at radius 2 is 2.00 bits per heavy atom. The van der Waals surface area contributed by atoms with Crippen LogP contribution in [-0.2, 0) is 0 Å². The minimum Gasteiger partial charge on any atom is -0.494 e. The van der Waals surface area contributed by atoms with E-state index in [-0.39, 0.29) is 0 Å². The minimum atomic E-state index is 0.496. The van der Waals surface area contributed by atoms with Crippen molar-refractivity contribution < 1.29 is 4.74 Å². The molecule has 4 nitrogen and oxygen atoms in total. The second kappa shape index (κ2) is 6.85. The van der Waals surface area contributed by atoms with Crippen LogP contribution in [0.25, 0.3) is 0 Å². The van der Waals surface area contributed by atoms with Crippen molar-refractivity contribution in [3.05, 3.63) is 29.8 Å². The van der Waals surface area contributed by atoms with Gasteiger partial charge in [0.25, 0.3) is 0 Å². The monoisotopic (exact) mass is 251 g/mol. The summed E-state index contributed by atoms with van der Waals surface area (Å²) in [5, 5.41) is 7.45. The molecule has 0 saturated heterocycles. The zero-order chi connectivity index (χ0) is 12.7. The zero-order valence-corrected chi connectivity index (χ0v) is 11.1. The Hall–Kier alpha value is -1.62. The van der Waals surface area contributed by atoms with Gasteiger partial charge in [-0.1, -0.05) is 0 Å². The predicted molar refractivity (Wildman–Crippen MR) is 74.6 cm³/mol. The Morgan fingerprint density at radius 3 is 2.53 bits per heavy atom. The maximum atomic E-state index is 5.37. The number of nitrogens with one attached hydrogen (secondary N) is 2. The van der Waals surface area contributed by atoms with Gasteiger partial charge in [-0.25, -0.2) is 0 Å². The van der Waals surface area contributed by atoms with Gasteiger partial charge < -0.3 is 10.1 Å². The lowest BCUT2D eigenvalue weighted by atomic mass is 10.1. The number of hydrogen-bond donors (Lipinski definition) is 2. The standard InChI is InChI=1S/C12H17N3OS/c1-4-16-11-7-5-10(6-8-11)9(2)14-15-12(17)13-3/h5-8H,4H2,1-3H3,(H2,13,15,17)/b14-9+. The topological polar surface area (TPSA) is 45.6 Å². The van der Waals surface area contributed by atoms with Crippen molar-refractivity contribution in [1.29, 1.82) is 0 Å². The minimum absolute atomic E-state index is 0.496. The molecule has 0 spiro atoms. The average Bonchev–Trinajstić information content (AvgIpc) is 2.36. The number of hydrazone groups is 1. The van der Waals surface area contributed by atoms with E-state index in [0.717, 1.165) is 17.0 Å². The molecular formula is C12H17N3OS. The van der Waals surface area contributed by atoms with Crippen LogP contribution in [0.4, 0.5) is 0 Å². The van der Waals surface area contributed by atoms with Gasteiger partial charge in [0.2, 0.25) is 0 Å². The highest BCUT2D eigenvalue weighted by atomic mass is 32.1. The fraction of sp³-hybridized carbons (Fsp3) is 0.333. The first kappa shape index (κ1) is 13.4. The second-order valence-electron chi connectivity index (χ2n) is 3.35. The molecule has 0 aliphatic heterocycles. The lowest BCUT2D eigenvalue weighted by Crippen LogP contribution is -2.29. The van der Waals surface area contributed by atoms with E-state index >= 15 is 0 Å². The van der Waals surface area contributed by atoms with Crippen molar-refractivity contribution >= 4 is 23.0 Å². The summed E-state index contributed by atoms with van der Waals surface area (Å²) in [4.78, 5) is 0. The van der Waals surface area contributed by atoms with E-state index in [1.165, 1.54) is 0 Å². The van der Waals surface area contributed by atoms with Gasteiger partial charge in [-0.15, -0.1) is 0 Å². The van der Waals surface area contributed by atoms with Crippen LogP contribution in [-0.4, -0.2) is 24.5 Å². The van der Waals surface area contributed by atoms with Gasteiger partial charge in [0.1, 0.15) is 5.75 Å². The Bertz CT molecular complexity index is 401. The van der Waals surface area contributed by atoms with Gasteiger partial charge in [0.15, 0.2) is 5.11 Å². The third-order valence-corrected chi connectivity index (χ3v) is 2.43. The Morgan fingerprint density at radius 1 is 1.35 bits per heavy atom. The van der Waals surface area contributed by atoms with Crippen molar-refractivity contribution in [2.75, 3.05) is 13.7 Å². The van der Waals surface area contributed by atoms with Crippen LogP contribution < -0.4 is 15.5 Å². The maximum absolute atomic E-state index is 5.37. The van der Waals surface area contributed by atoms with Gasteiger partial charge >= 0.3 is 0 Å². The van der Waals surface area contributed by atoms with E-state index in [1.807, 2.05) is 38.1 Å². The molecule has 0 aliphatic carbocycles. The third-order valence-electron chi connectivity index (χ3n) is 2.14. The average molecular weight is 251 g/mol. The van der Waals surface area contributed by atoms with Gasteiger partial charge in [-0.2, -0.15) is 5.10 Å². The quantitative estimate of drug-likeness (QED) is 0.487. The zero-order valence-electron chi connectivity index (χ0n) is 10.3. The van der Waals surface area contributed by atoms with Crippen LogP contribution in [0.1, 0.15) is 19.4 Å². The molecule has 1 aromatic carbocycles. The van der Waals surface area contributed by atoms with E-state index in [1.54, 1.807) is 7.05 Å². The molecule has 0 radical (unpaired) electrons. The number of ether oxygens (including phenoxy) is 1. The maximum Gasteiger partial charge on any atom is 0.186 e. The molecule has 92 valence electrons. The first-order valence-corrected chi connectivity index (χ1v) is 5.83. The predicted octanol–water partition coefficient (Wildman–Crippen LogP) is 1.90. The summed E-state index contributed by atoms with van der Waals surface area (Å²) >= 11 is 4.93. The highest BCUT2D eigenvalue weighted by Crippen LogP contribution is 2.12. The third kappa shape index (κ3) is 4.40. The fourth-order valence-electron chi connectivity index (χ4n) is 1.21. The smallest absolute Gasteiger partial charge is 0.186 e. The van der Waals surface area contributed by atoms with Crippen LogP contribution in [0, 0.1) is 0 Å². The molecular weight excluding hydrogens is 234 g/mol. The van der Waals surface area contributed by atoms with E-state index in [9.17, 15) is 0 Å². The molecule has 0 saturated carbocycles. The largest absolute Gasteiger partial charge is 0.494 e. The molecule has 2 N–H and O–H groups in total. The molecule has 1 aromatic rings. The number of benzene rings is 1. The highest BCUT2D eigenvalue weighted by molar-refractivity contribution is 7.80. The SMILES string of the molecule is CCOc1ccc(/C(C)=N/NC(=S)NC)cc1. The summed E-state index contributed by atoms with van der Waals surface area (Å²) in [5.41, 5.74) is 4.64. The Balaban J connectivity index is 2.68. The molecule has 0 unspecified atom stereocenters. The second-order valence-corrected chi connectivity index (χ2v) is 3.75. The van der Waals surface area contributed by atoms with Crippen molar-refractivity contribution in [3.63, 3.8) is 0 Å². The van der Waals surface area contributed by atoms with Crippen LogP contribution in [0.5, 0.6) is 5.75 Å². The Kier molecular flexibility index (Phi) is 5.42. The van der Waals surface area contributed by atoms with Crippen LogP contribution >= 0.6 is 12.2 Å². The lowest BCUT2D eigenvalue weighted by molar-refractivity contribution is 0.340. The van der Waals surface area contributed by atoms with Gasteiger partial charge in [0, 0.05) is 7.05 Å². The van der Waals surface area contributed by atoms with Gasteiger partial charge in [-0.05, 0) is 55.9 Å². The van der Waals surface area contributed by atoms with E-state index in [4.69, 9.17) is 17.0 Å². The first-order chi connectivity index (χ1) is 8.17. The van der Waals surface area contributed by atoms with Crippen molar-refractivity contribution in [1.82, 2.24) is 10.7 Å². The molecule has 0 amide bonds. The van der Waals surface area contributed by atoms with Crippen LogP contribution in [0.3, 0.4) is 0 Å². The molecule has 0 aliphatic rings. The van der Waals surface area contributed by atoms with Crippen LogP contribution in [0.2, 0.25) is 0 Å². The van der Waals surface area contributed by atoms with Crippen molar-refractivity contribution in [3.8, 4) is 5.75 Å². The molecule has 0 bridgehead atoms. The number of thiocarbonyl (C=S) groups is 1. The normalized spacial score (nSPS) is 10.9. The number of rotatable bonds is 4. The van der Waals surface area contributed by atoms with Crippen molar-refractivity contribution in [2.24, 2.45) is 5.10 Å². The summed E-state index contributed by atoms with van der Waals surface area (Å²) in [5.74, 6) is 0.864. The Labute approximate surface area is 107 Å². The van der Waals surface area contributed by atoms with Gasteiger partial charge in [0.05, 0.1) is 12.3 Å². The summed E-state index contributed by atoms with van der Waals surface area (Å²) in [6, 6.07) is 7.78. The number of hydrogen-bond acceptors (Lipinski definition) is 3. The number of nitrogens with zero attached hydrogens (tertiary/aromatic N) is 1. The summed E-state index contributed by atoms with van der Waals surface area (Å²) in [6.07, 6.45) is 0. The molecule has 1 rings (SSSR count). The molecule has 5 heteroatoms. The van der Waals surface area contributed by atoms with E-state index in [0.29, 0.717) is 11.7 Å². The molecule has 0 atom stereocenters. The van der Waals surface area contributed by atoms with E-state index < -0.39 is 0 Å².